The average molecular weight is 602 g/mol. The van der Waals surface area contributed by atoms with Gasteiger partial charge < -0.3 is 10.2 Å². The molecular weight excluding hydrogens is 574 g/mol. The van der Waals surface area contributed by atoms with Gasteiger partial charge in [0.1, 0.15) is 11.2 Å². The minimum absolute atomic E-state index is 0.470. The van der Waals surface area contributed by atoms with E-state index in [0.29, 0.717) is 43.9 Å². The summed E-state index contributed by atoms with van der Waals surface area (Å²) in [5.74, 6) is 0. The quantitative estimate of drug-likeness (QED) is 0.211. The summed E-state index contributed by atoms with van der Waals surface area (Å²) in [6.45, 7) is 0. The van der Waals surface area contributed by atoms with Crippen LogP contribution in [0.5, 0.6) is 0 Å². The van der Waals surface area contributed by atoms with Gasteiger partial charge in [-0.3, -0.25) is 4.98 Å². The number of pyridine rings is 1. The van der Waals surface area contributed by atoms with E-state index in [2.05, 4.69) is 24.3 Å². The van der Waals surface area contributed by atoms with Crippen LogP contribution in [0.15, 0.2) is 158 Å². The Bertz CT molecular complexity index is 2180. The van der Waals surface area contributed by atoms with E-state index in [4.69, 9.17) is 16.6 Å². The summed E-state index contributed by atoms with van der Waals surface area (Å²) in [4.78, 5) is 4.79. The van der Waals surface area contributed by atoms with E-state index in [1.807, 2.05) is 115 Å². The second-order valence-corrected chi connectivity index (χ2v) is 12.0. The monoisotopic (exact) mass is 601 g/mol. The molecule has 8 rings (SSSR count). The molecule has 216 valence electrons. The van der Waals surface area contributed by atoms with E-state index >= 15 is 0 Å². The highest BCUT2D eigenvalue weighted by atomic mass is 35.5. The summed E-state index contributed by atoms with van der Waals surface area (Å²) in [5.41, 5.74) is 5.19. The third-order valence-electron chi connectivity index (χ3n) is 9.11. The van der Waals surface area contributed by atoms with E-state index in [1.54, 1.807) is 18.3 Å². The Kier molecular flexibility index (Phi) is 6.44. The number of nitrogens with zero attached hydrogens (tertiary/aromatic N) is 1. The lowest BCUT2D eigenvalue weighted by molar-refractivity contribution is 0.0759. The highest BCUT2D eigenvalue weighted by molar-refractivity contribution is 6.30. The Morgan fingerprint density at radius 3 is 1.60 bits per heavy atom. The van der Waals surface area contributed by atoms with Crippen molar-refractivity contribution in [3.63, 3.8) is 0 Å². The van der Waals surface area contributed by atoms with Crippen molar-refractivity contribution in [1.82, 2.24) is 4.98 Å². The minimum Gasteiger partial charge on any atom is -0.376 e. The van der Waals surface area contributed by atoms with Crippen LogP contribution in [0, 0.1) is 0 Å². The number of rotatable bonds is 4. The Labute approximate surface area is 266 Å². The molecule has 0 spiro atoms. The molecule has 3 nitrogen and oxygen atoms in total. The van der Waals surface area contributed by atoms with Crippen molar-refractivity contribution in [3.05, 3.63) is 196 Å². The number of fused-ring (bicyclic) bond motifs is 4. The maximum atomic E-state index is 13.2. The molecule has 1 aliphatic rings. The summed E-state index contributed by atoms with van der Waals surface area (Å²) >= 11 is 6.64. The van der Waals surface area contributed by atoms with Crippen molar-refractivity contribution in [3.8, 4) is 22.3 Å². The van der Waals surface area contributed by atoms with Gasteiger partial charge >= 0.3 is 0 Å². The smallest absolute Gasteiger partial charge is 0.143 e. The van der Waals surface area contributed by atoms with Gasteiger partial charge in [-0.25, -0.2) is 0 Å². The first-order valence-corrected chi connectivity index (χ1v) is 15.3. The molecule has 7 aromatic rings. The number of aliphatic hydroxyl groups is 2. The Hall–Kier alpha value is -5.06. The van der Waals surface area contributed by atoms with E-state index in [1.165, 1.54) is 0 Å². The number of hydrogen-bond acceptors (Lipinski definition) is 3. The van der Waals surface area contributed by atoms with Gasteiger partial charge in [0.15, 0.2) is 0 Å². The highest BCUT2D eigenvalue weighted by Crippen LogP contribution is 2.55. The zero-order valence-corrected chi connectivity index (χ0v) is 25.0. The highest BCUT2D eigenvalue weighted by Gasteiger charge is 2.52. The molecule has 0 saturated heterocycles. The Morgan fingerprint density at radius 2 is 1.00 bits per heavy atom. The molecule has 0 fully saturated rings. The molecule has 0 aliphatic heterocycles. The van der Waals surface area contributed by atoms with Crippen molar-refractivity contribution in [2.75, 3.05) is 0 Å². The lowest BCUT2D eigenvalue weighted by Gasteiger charge is -2.45. The van der Waals surface area contributed by atoms with Crippen LogP contribution in [0.2, 0.25) is 5.02 Å². The average Bonchev–Trinajstić information content (AvgIpc) is 3.11. The van der Waals surface area contributed by atoms with Gasteiger partial charge in [0.05, 0.1) is 5.52 Å². The van der Waals surface area contributed by atoms with Crippen LogP contribution in [-0.4, -0.2) is 15.2 Å². The molecule has 4 heteroatoms. The van der Waals surface area contributed by atoms with Gasteiger partial charge in [-0.2, -0.15) is 0 Å². The summed E-state index contributed by atoms with van der Waals surface area (Å²) in [5, 5.41) is 27.6. The molecule has 0 bridgehead atoms. The first-order chi connectivity index (χ1) is 22.0. The largest absolute Gasteiger partial charge is 0.376 e. The van der Waals surface area contributed by atoms with E-state index in [-0.39, 0.29) is 0 Å². The molecule has 45 heavy (non-hydrogen) atoms. The molecule has 1 heterocycles. The molecule has 2 atom stereocenters. The standard InChI is InChI=1S/C41H28ClNO2/c42-34-22-24-35-37(26-34)40(44,32-18-13-29(14-19-32)27-8-3-1-4-9-27)36-23-17-31-12-7-25-43-39(31)38(36)41(35,45)33-20-15-30(16-21-33)28-10-5-2-6-11-28/h1-26,44-45H. The molecule has 6 aromatic carbocycles. The van der Waals surface area contributed by atoms with E-state index < -0.39 is 11.2 Å². The fraction of sp³-hybridized carbons (Fsp3) is 0.0488. The van der Waals surface area contributed by atoms with Crippen LogP contribution in [0.25, 0.3) is 33.2 Å². The van der Waals surface area contributed by atoms with Gasteiger partial charge in [-0.05, 0) is 57.1 Å². The Balaban J connectivity index is 1.39. The van der Waals surface area contributed by atoms with Crippen molar-refractivity contribution >= 4 is 22.5 Å². The maximum absolute atomic E-state index is 13.2. The fourth-order valence-electron chi connectivity index (χ4n) is 6.90. The van der Waals surface area contributed by atoms with Crippen LogP contribution in [0.3, 0.4) is 0 Å². The number of aromatic nitrogens is 1. The van der Waals surface area contributed by atoms with Crippen LogP contribution < -0.4 is 0 Å². The normalized spacial score (nSPS) is 18.7. The molecule has 2 N–H and O–H groups in total. The molecule has 0 radical (unpaired) electrons. The zero-order valence-electron chi connectivity index (χ0n) is 24.2. The molecule has 0 amide bonds. The topological polar surface area (TPSA) is 53.4 Å². The first-order valence-electron chi connectivity index (χ1n) is 14.9. The second-order valence-electron chi connectivity index (χ2n) is 11.6. The van der Waals surface area contributed by atoms with Crippen molar-refractivity contribution in [1.29, 1.82) is 0 Å². The maximum Gasteiger partial charge on any atom is 0.143 e. The summed E-state index contributed by atoms with van der Waals surface area (Å²) in [6.07, 6.45) is 1.73. The zero-order chi connectivity index (χ0) is 30.6. The van der Waals surface area contributed by atoms with Crippen LogP contribution >= 0.6 is 11.6 Å². The number of halogens is 1. The fourth-order valence-corrected chi connectivity index (χ4v) is 7.08. The van der Waals surface area contributed by atoms with Crippen LogP contribution in [-0.2, 0) is 11.2 Å². The molecule has 0 saturated carbocycles. The van der Waals surface area contributed by atoms with Crippen molar-refractivity contribution in [2.45, 2.75) is 11.2 Å². The summed E-state index contributed by atoms with van der Waals surface area (Å²) in [7, 11) is 0. The van der Waals surface area contributed by atoms with Gasteiger partial charge in [-0.15, -0.1) is 0 Å². The van der Waals surface area contributed by atoms with E-state index in [9.17, 15) is 10.2 Å². The summed E-state index contributed by atoms with van der Waals surface area (Å²) in [6, 6.07) is 49.4. The van der Waals surface area contributed by atoms with Gasteiger partial charge in [0.2, 0.25) is 0 Å². The lowest BCUT2D eigenvalue weighted by Crippen LogP contribution is -2.44. The van der Waals surface area contributed by atoms with E-state index in [0.717, 1.165) is 27.6 Å². The lowest BCUT2D eigenvalue weighted by atomic mass is 9.63. The predicted molar refractivity (Wildman–Crippen MR) is 181 cm³/mol. The van der Waals surface area contributed by atoms with Crippen molar-refractivity contribution < 1.29 is 10.2 Å². The Morgan fingerprint density at radius 1 is 0.467 bits per heavy atom. The summed E-state index contributed by atoms with van der Waals surface area (Å²) < 4.78 is 0. The number of hydrogen-bond donors (Lipinski definition) is 2. The third kappa shape index (κ3) is 4.24. The number of benzene rings is 6. The van der Waals surface area contributed by atoms with Gasteiger partial charge in [-0.1, -0.05) is 145 Å². The third-order valence-corrected chi connectivity index (χ3v) is 9.34. The van der Waals surface area contributed by atoms with Crippen molar-refractivity contribution in [2.24, 2.45) is 0 Å². The first kappa shape index (κ1) is 27.5. The van der Waals surface area contributed by atoms with Gasteiger partial charge in [0, 0.05) is 33.3 Å². The van der Waals surface area contributed by atoms with Gasteiger partial charge in [0.25, 0.3) is 0 Å². The SMILES string of the molecule is OC1(c2ccc(-c3ccccc3)cc2)c2cc(Cl)ccc2C(O)(c2ccc(-c3ccccc3)cc2)c2c1ccc1cccnc21. The minimum atomic E-state index is -1.63. The molecule has 1 aliphatic carbocycles. The predicted octanol–water partition coefficient (Wildman–Crippen LogP) is 9.10. The second kappa shape index (κ2) is 10.5. The molecule has 2 unspecified atom stereocenters. The molecule has 1 aromatic heterocycles. The molecular formula is C41H28ClNO2. The van der Waals surface area contributed by atoms with Crippen LogP contribution in [0.1, 0.15) is 33.4 Å². The van der Waals surface area contributed by atoms with Crippen LogP contribution in [0.4, 0.5) is 0 Å².